The van der Waals surface area contributed by atoms with Gasteiger partial charge in [-0.2, -0.15) is 0 Å². The Labute approximate surface area is 127 Å². The van der Waals surface area contributed by atoms with Crippen LogP contribution in [-0.4, -0.2) is 12.0 Å². The number of rotatable bonds is 2. The van der Waals surface area contributed by atoms with E-state index in [1.54, 1.807) is 0 Å². The third kappa shape index (κ3) is 5.53. The van der Waals surface area contributed by atoms with E-state index in [1.165, 1.54) is 18.5 Å². The fraction of sp³-hybridized carbons (Fsp3) is 0. The Kier molecular flexibility index (Phi) is 6.60. The number of hydrogen-bond donors (Lipinski definition) is 0. The summed E-state index contributed by atoms with van der Waals surface area (Å²) < 4.78 is 35.4. The summed E-state index contributed by atoms with van der Waals surface area (Å²) in [6, 6.07) is 1.42. The molecule has 0 unspecified atom stereocenters. The zero-order valence-electron chi connectivity index (χ0n) is 7.42. The van der Waals surface area contributed by atoms with Crippen LogP contribution in [0.2, 0.25) is 5.02 Å². The Bertz CT molecular complexity index is 329. The standard InChI is InChI=1S/C7H5BClF3N.K/c9-7-5-13-4-2-6(7)1-3-8(10,11)12;/h1-5H;/q-1;+1/b3-1+;. The summed E-state index contributed by atoms with van der Waals surface area (Å²) in [5.74, 6) is 0.196. The largest absolute Gasteiger partial charge is 1.00 e. The van der Waals surface area contributed by atoms with Crippen LogP contribution in [0.1, 0.15) is 5.56 Å². The van der Waals surface area contributed by atoms with Crippen LogP contribution in [0.25, 0.3) is 6.08 Å². The normalized spacial score (nSPS) is 11.4. The first-order chi connectivity index (χ1) is 5.99. The Morgan fingerprint density at radius 3 is 2.50 bits per heavy atom. The molecular formula is C7H5BClF3KN. The molecule has 1 rings (SSSR count). The van der Waals surface area contributed by atoms with Crippen molar-refractivity contribution in [3.05, 3.63) is 35.0 Å². The van der Waals surface area contributed by atoms with Gasteiger partial charge < -0.3 is 12.9 Å². The first-order valence-corrected chi connectivity index (χ1v) is 3.85. The van der Waals surface area contributed by atoms with Gasteiger partial charge in [0.05, 0.1) is 5.02 Å². The van der Waals surface area contributed by atoms with E-state index in [0.29, 0.717) is 5.56 Å². The van der Waals surface area contributed by atoms with Gasteiger partial charge in [0.25, 0.3) is 0 Å². The van der Waals surface area contributed by atoms with Gasteiger partial charge in [-0.15, -0.1) is 5.98 Å². The van der Waals surface area contributed by atoms with Crippen molar-refractivity contribution in [3.63, 3.8) is 0 Å². The van der Waals surface area contributed by atoms with Crippen LogP contribution < -0.4 is 51.4 Å². The Morgan fingerprint density at radius 1 is 1.36 bits per heavy atom. The van der Waals surface area contributed by atoms with Crippen LogP contribution in [0.5, 0.6) is 0 Å². The van der Waals surface area contributed by atoms with Gasteiger partial charge in [0.1, 0.15) is 0 Å². The molecule has 0 atom stereocenters. The molecule has 7 heteroatoms. The van der Waals surface area contributed by atoms with Crippen LogP contribution in [-0.2, 0) is 0 Å². The van der Waals surface area contributed by atoms with Crippen LogP contribution >= 0.6 is 11.6 Å². The molecule has 1 heterocycles. The Balaban J connectivity index is 0.00000169. The number of halogens is 4. The predicted octanol–water partition coefficient (Wildman–Crippen LogP) is 0.139. The third-order valence-electron chi connectivity index (χ3n) is 1.30. The Morgan fingerprint density at radius 2 is 2.00 bits per heavy atom. The fourth-order valence-electron chi connectivity index (χ4n) is 0.734. The zero-order chi connectivity index (χ0) is 9.90. The van der Waals surface area contributed by atoms with Gasteiger partial charge in [0.2, 0.25) is 0 Å². The summed E-state index contributed by atoms with van der Waals surface area (Å²) in [6.07, 6.45) is 3.61. The molecule has 0 aliphatic rings. The van der Waals surface area contributed by atoms with Gasteiger partial charge in [-0.25, -0.2) is 0 Å². The molecule has 0 aliphatic carbocycles. The fourth-order valence-corrected chi connectivity index (χ4v) is 0.916. The summed E-state index contributed by atoms with van der Waals surface area (Å²) in [5.41, 5.74) is 0.316. The molecule has 0 radical (unpaired) electrons. The summed E-state index contributed by atoms with van der Waals surface area (Å²) in [7, 11) is 0. The second kappa shape index (κ2) is 6.30. The molecule has 0 saturated carbocycles. The van der Waals surface area contributed by atoms with Gasteiger partial charge in [-0.05, 0) is 11.6 Å². The van der Waals surface area contributed by atoms with Crippen molar-refractivity contribution in [2.24, 2.45) is 0 Å². The van der Waals surface area contributed by atoms with Crippen LogP contribution in [0.15, 0.2) is 24.4 Å². The van der Waals surface area contributed by atoms with E-state index in [-0.39, 0.29) is 62.4 Å². The van der Waals surface area contributed by atoms with Crippen molar-refractivity contribution in [3.8, 4) is 0 Å². The third-order valence-corrected chi connectivity index (χ3v) is 1.61. The molecule has 0 aliphatic heterocycles. The molecule has 1 aromatic rings. The summed E-state index contributed by atoms with van der Waals surface area (Å²) >= 11 is 5.58. The summed E-state index contributed by atoms with van der Waals surface area (Å²) in [4.78, 5) is 3.65. The van der Waals surface area contributed by atoms with Crippen molar-refractivity contribution < 1.29 is 64.3 Å². The Hall–Kier alpha value is 0.671. The minimum atomic E-state index is -4.90. The average molecular weight is 245 g/mol. The molecule has 0 aromatic carbocycles. The number of pyridine rings is 1. The molecule has 1 aromatic heterocycles. The maximum atomic E-state index is 11.8. The zero-order valence-corrected chi connectivity index (χ0v) is 11.3. The second-order valence-corrected chi connectivity index (χ2v) is 2.79. The van der Waals surface area contributed by atoms with E-state index in [0.717, 1.165) is 6.08 Å². The molecule has 0 N–H and O–H groups in total. The van der Waals surface area contributed by atoms with Crippen LogP contribution in [0.3, 0.4) is 0 Å². The molecule has 0 bridgehead atoms. The van der Waals surface area contributed by atoms with E-state index in [9.17, 15) is 12.9 Å². The quantitative estimate of drug-likeness (QED) is 0.676. The topological polar surface area (TPSA) is 12.9 Å². The van der Waals surface area contributed by atoms with Gasteiger partial charge >= 0.3 is 58.4 Å². The number of aromatic nitrogens is 1. The van der Waals surface area contributed by atoms with E-state index >= 15 is 0 Å². The van der Waals surface area contributed by atoms with E-state index in [2.05, 4.69) is 4.98 Å². The summed E-state index contributed by atoms with van der Waals surface area (Å²) in [6.45, 7) is -4.90. The van der Waals surface area contributed by atoms with Gasteiger partial charge in [-0.3, -0.25) is 4.98 Å². The van der Waals surface area contributed by atoms with Gasteiger partial charge in [0.15, 0.2) is 0 Å². The predicted molar refractivity (Wildman–Crippen MR) is 47.4 cm³/mol. The monoisotopic (exact) mass is 245 g/mol. The molecule has 1 nitrogen and oxygen atoms in total. The number of nitrogens with zero attached hydrogens (tertiary/aromatic N) is 1. The molecule has 0 spiro atoms. The maximum Gasteiger partial charge on any atom is 1.00 e. The van der Waals surface area contributed by atoms with Crippen molar-refractivity contribution in [2.45, 2.75) is 0 Å². The van der Waals surface area contributed by atoms with Gasteiger partial charge in [-0.1, -0.05) is 17.7 Å². The minimum Gasteiger partial charge on any atom is -0.445 e. The van der Waals surface area contributed by atoms with E-state index < -0.39 is 6.98 Å². The molecular weight excluding hydrogens is 240 g/mol. The van der Waals surface area contributed by atoms with Crippen LogP contribution in [0.4, 0.5) is 12.9 Å². The van der Waals surface area contributed by atoms with E-state index in [4.69, 9.17) is 11.6 Å². The molecule has 0 fully saturated rings. The van der Waals surface area contributed by atoms with Crippen molar-refractivity contribution >= 4 is 24.7 Å². The van der Waals surface area contributed by atoms with Crippen molar-refractivity contribution in [1.29, 1.82) is 0 Å². The average Bonchev–Trinajstić information content (AvgIpc) is 2.01. The smallest absolute Gasteiger partial charge is 0.445 e. The number of hydrogen-bond acceptors (Lipinski definition) is 1. The molecule has 0 saturated heterocycles. The van der Waals surface area contributed by atoms with Crippen LogP contribution in [0, 0.1) is 0 Å². The van der Waals surface area contributed by atoms with Gasteiger partial charge in [0, 0.05) is 12.4 Å². The second-order valence-electron chi connectivity index (χ2n) is 2.38. The molecule has 14 heavy (non-hydrogen) atoms. The van der Waals surface area contributed by atoms with Crippen molar-refractivity contribution in [1.82, 2.24) is 4.98 Å². The van der Waals surface area contributed by atoms with E-state index in [1.807, 2.05) is 0 Å². The molecule has 70 valence electrons. The minimum absolute atomic E-state index is 0. The van der Waals surface area contributed by atoms with Crippen molar-refractivity contribution in [2.75, 3.05) is 0 Å². The first kappa shape index (κ1) is 14.7. The first-order valence-electron chi connectivity index (χ1n) is 3.48. The maximum absolute atomic E-state index is 11.8. The summed E-state index contributed by atoms with van der Waals surface area (Å²) in [5, 5.41) is 0.207. The molecule has 0 amide bonds. The SMILES string of the molecule is F[B-](F)(F)/C=C/c1ccncc1Cl.[K+].